The lowest BCUT2D eigenvalue weighted by Crippen LogP contribution is -2.16. The molecule has 0 aliphatic rings. The van der Waals surface area contributed by atoms with E-state index < -0.39 is 23.1 Å². The van der Waals surface area contributed by atoms with E-state index in [1.807, 2.05) is 0 Å². The smallest absolute Gasteiger partial charge is 0.261 e. The SMILES string of the molecule is Nc1ccc(F)c(C(=O)Nc2ccc(Br)cc2)c1F. The number of nitrogen functional groups attached to an aromatic ring is 1. The molecule has 2 rings (SSSR count). The van der Waals surface area contributed by atoms with Crippen LogP contribution < -0.4 is 11.1 Å². The molecule has 0 aliphatic carbocycles. The van der Waals surface area contributed by atoms with Crippen molar-refractivity contribution in [2.24, 2.45) is 0 Å². The highest BCUT2D eigenvalue weighted by Crippen LogP contribution is 2.21. The maximum absolute atomic E-state index is 13.6. The monoisotopic (exact) mass is 326 g/mol. The molecule has 98 valence electrons. The van der Waals surface area contributed by atoms with Gasteiger partial charge in [0.1, 0.15) is 11.4 Å². The maximum atomic E-state index is 13.6. The van der Waals surface area contributed by atoms with Crippen molar-refractivity contribution in [1.29, 1.82) is 0 Å². The third-order valence-electron chi connectivity index (χ3n) is 2.45. The van der Waals surface area contributed by atoms with E-state index in [0.717, 1.165) is 16.6 Å². The highest BCUT2D eigenvalue weighted by molar-refractivity contribution is 9.10. The van der Waals surface area contributed by atoms with E-state index in [4.69, 9.17) is 5.73 Å². The van der Waals surface area contributed by atoms with Crippen LogP contribution >= 0.6 is 15.9 Å². The summed E-state index contributed by atoms with van der Waals surface area (Å²) in [5.74, 6) is -2.90. The highest BCUT2D eigenvalue weighted by Gasteiger charge is 2.19. The van der Waals surface area contributed by atoms with Crippen molar-refractivity contribution in [3.05, 3.63) is 58.1 Å². The molecule has 3 nitrogen and oxygen atoms in total. The average molecular weight is 327 g/mol. The molecule has 0 unspecified atom stereocenters. The molecular formula is C13H9BrF2N2O. The Morgan fingerprint density at radius 2 is 1.74 bits per heavy atom. The second-order valence-electron chi connectivity index (χ2n) is 3.79. The minimum atomic E-state index is -1.06. The number of hydrogen-bond donors (Lipinski definition) is 2. The molecular weight excluding hydrogens is 318 g/mol. The number of carbonyl (C=O) groups excluding carboxylic acids is 1. The van der Waals surface area contributed by atoms with E-state index in [-0.39, 0.29) is 5.69 Å². The van der Waals surface area contributed by atoms with Gasteiger partial charge in [-0.2, -0.15) is 0 Å². The molecule has 0 radical (unpaired) electrons. The minimum Gasteiger partial charge on any atom is -0.396 e. The molecule has 2 aromatic carbocycles. The number of hydrogen-bond acceptors (Lipinski definition) is 2. The number of rotatable bonds is 2. The van der Waals surface area contributed by atoms with Crippen molar-refractivity contribution in [2.45, 2.75) is 0 Å². The first kappa shape index (κ1) is 13.5. The third-order valence-corrected chi connectivity index (χ3v) is 2.98. The van der Waals surface area contributed by atoms with Crippen LogP contribution in [0.5, 0.6) is 0 Å². The van der Waals surface area contributed by atoms with E-state index in [0.29, 0.717) is 5.69 Å². The summed E-state index contributed by atoms with van der Waals surface area (Å²) in [6.07, 6.45) is 0. The van der Waals surface area contributed by atoms with Gasteiger partial charge in [-0.25, -0.2) is 8.78 Å². The van der Waals surface area contributed by atoms with Crippen molar-refractivity contribution in [2.75, 3.05) is 11.1 Å². The van der Waals surface area contributed by atoms with Crippen molar-refractivity contribution >= 4 is 33.2 Å². The van der Waals surface area contributed by atoms with Crippen LogP contribution in [0, 0.1) is 11.6 Å². The summed E-state index contributed by atoms with van der Waals surface area (Å²) in [5.41, 5.74) is 4.77. The Labute approximate surface area is 116 Å². The molecule has 0 fully saturated rings. The maximum Gasteiger partial charge on any atom is 0.261 e. The summed E-state index contributed by atoms with van der Waals surface area (Å²) in [4.78, 5) is 11.8. The van der Waals surface area contributed by atoms with Gasteiger partial charge in [0.15, 0.2) is 5.82 Å². The van der Waals surface area contributed by atoms with E-state index in [2.05, 4.69) is 21.2 Å². The van der Waals surface area contributed by atoms with Gasteiger partial charge in [0, 0.05) is 10.2 Å². The Bertz CT molecular complexity index is 629. The van der Waals surface area contributed by atoms with Crippen molar-refractivity contribution < 1.29 is 13.6 Å². The Kier molecular flexibility index (Phi) is 3.80. The predicted octanol–water partition coefficient (Wildman–Crippen LogP) is 3.56. The van der Waals surface area contributed by atoms with Gasteiger partial charge < -0.3 is 11.1 Å². The third kappa shape index (κ3) is 2.90. The highest BCUT2D eigenvalue weighted by atomic mass is 79.9. The molecule has 0 saturated carbocycles. The molecule has 0 aliphatic heterocycles. The van der Waals surface area contributed by atoms with Gasteiger partial charge in [-0.3, -0.25) is 4.79 Å². The molecule has 2 aromatic rings. The Balaban J connectivity index is 2.30. The van der Waals surface area contributed by atoms with Crippen LogP contribution in [0.25, 0.3) is 0 Å². The first-order valence-electron chi connectivity index (χ1n) is 5.29. The standard InChI is InChI=1S/C13H9BrF2N2O/c14-7-1-3-8(4-2-7)18-13(19)11-9(15)5-6-10(17)12(11)16/h1-6H,17H2,(H,18,19). The van der Waals surface area contributed by atoms with E-state index in [9.17, 15) is 13.6 Å². The van der Waals surface area contributed by atoms with Gasteiger partial charge in [-0.15, -0.1) is 0 Å². The Hall–Kier alpha value is -1.95. The molecule has 6 heteroatoms. The van der Waals surface area contributed by atoms with Crippen LogP contribution in [0.4, 0.5) is 20.2 Å². The van der Waals surface area contributed by atoms with Gasteiger partial charge in [-0.05, 0) is 36.4 Å². The summed E-state index contributed by atoms with van der Waals surface area (Å²) in [7, 11) is 0. The van der Waals surface area contributed by atoms with E-state index in [1.165, 1.54) is 0 Å². The summed E-state index contributed by atoms with van der Waals surface area (Å²) < 4.78 is 28.0. The van der Waals surface area contributed by atoms with Crippen molar-refractivity contribution in [3.63, 3.8) is 0 Å². The first-order chi connectivity index (χ1) is 8.99. The first-order valence-corrected chi connectivity index (χ1v) is 6.08. The molecule has 19 heavy (non-hydrogen) atoms. The molecule has 1 amide bonds. The summed E-state index contributed by atoms with van der Waals surface area (Å²) in [6, 6.07) is 8.62. The zero-order valence-corrected chi connectivity index (χ0v) is 11.2. The number of benzene rings is 2. The fraction of sp³-hybridized carbons (Fsp3) is 0. The Morgan fingerprint density at radius 1 is 1.11 bits per heavy atom. The molecule has 0 aromatic heterocycles. The largest absolute Gasteiger partial charge is 0.396 e. The van der Waals surface area contributed by atoms with Gasteiger partial charge in [0.05, 0.1) is 5.69 Å². The summed E-state index contributed by atoms with van der Waals surface area (Å²) in [6.45, 7) is 0. The van der Waals surface area contributed by atoms with Crippen LogP contribution in [0.2, 0.25) is 0 Å². The molecule has 0 saturated heterocycles. The van der Waals surface area contributed by atoms with Crippen molar-refractivity contribution in [3.8, 4) is 0 Å². The fourth-order valence-electron chi connectivity index (χ4n) is 1.50. The summed E-state index contributed by atoms with van der Waals surface area (Å²) in [5, 5.41) is 2.40. The second-order valence-corrected chi connectivity index (χ2v) is 4.70. The molecule has 0 heterocycles. The normalized spacial score (nSPS) is 10.3. The predicted molar refractivity (Wildman–Crippen MR) is 72.9 cm³/mol. The van der Waals surface area contributed by atoms with Gasteiger partial charge in [0.25, 0.3) is 5.91 Å². The zero-order valence-electron chi connectivity index (χ0n) is 9.58. The number of nitrogens with one attached hydrogen (secondary N) is 1. The van der Waals surface area contributed by atoms with Crippen LogP contribution in [0.1, 0.15) is 10.4 Å². The zero-order chi connectivity index (χ0) is 14.0. The van der Waals surface area contributed by atoms with Crippen molar-refractivity contribution in [1.82, 2.24) is 0 Å². The number of carbonyl (C=O) groups is 1. The number of halogens is 3. The van der Waals surface area contributed by atoms with E-state index in [1.54, 1.807) is 24.3 Å². The van der Waals surface area contributed by atoms with Crippen LogP contribution in [-0.2, 0) is 0 Å². The fourth-order valence-corrected chi connectivity index (χ4v) is 1.77. The van der Waals surface area contributed by atoms with Crippen LogP contribution in [0.3, 0.4) is 0 Å². The lowest BCUT2D eigenvalue weighted by atomic mass is 10.1. The van der Waals surface area contributed by atoms with E-state index >= 15 is 0 Å². The molecule has 0 spiro atoms. The second kappa shape index (κ2) is 5.36. The lowest BCUT2D eigenvalue weighted by molar-refractivity contribution is 0.101. The Morgan fingerprint density at radius 3 is 2.37 bits per heavy atom. The molecule has 3 N–H and O–H groups in total. The van der Waals surface area contributed by atoms with Gasteiger partial charge >= 0.3 is 0 Å². The topological polar surface area (TPSA) is 55.1 Å². The lowest BCUT2D eigenvalue weighted by Gasteiger charge is -2.08. The molecule has 0 atom stereocenters. The van der Waals surface area contributed by atoms with Crippen LogP contribution in [0.15, 0.2) is 40.9 Å². The number of anilines is 2. The quantitative estimate of drug-likeness (QED) is 0.829. The van der Waals surface area contributed by atoms with Gasteiger partial charge in [-0.1, -0.05) is 15.9 Å². The van der Waals surface area contributed by atoms with Gasteiger partial charge in [0.2, 0.25) is 0 Å². The molecule has 0 bridgehead atoms. The summed E-state index contributed by atoms with van der Waals surface area (Å²) >= 11 is 3.24. The minimum absolute atomic E-state index is 0.276. The van der Waals surface area contributed by atoms with Crippen LogP contribution in [-0.4, -0.2) is 5.91 Å². The average Bonchev–Trinajstić information content (AvgIpc) is 2.37. The number of nitrogens with two attached hydrogens (primary N) is 1. The number of amides is 1.